The SMILES string of the molecule is CC1CC(N2CCNC(=O)C2CC(=O)O)CN1C. The number of carbonyl (C=O) groups excluding carboxylic acids is 1. The Morgan fingerprint density at radius 3 is 2.83 bits per heavy atom. The zero-order valence-electron chi connectivity index (χ0n) is 10.9. The standard InChI is InChI=1S/C12H21N3O3/c1-8-5-9(7-14(8)2)15-4-3-13-12(18)10(15)6-11(16)17/h8-10H,3-7H2,1-2H3,(H,13,18)(H,16,17). The van der Waals surface area contributed by atoms with E-state index in [1.807, 2.05) is 0 Å². The van der Waals surface area contributed by atoms with Crippen molar-refractivity contribution in [2.45, 2.75) is 37.9 Å². The highest BCUT2D eigenvalue weighted by molar-refractivity contribution is 5.86. The van der Waals surface area contributed by atoms with Crippen molar-refractivity contribution in [2.24, 2.45) is 0 Å². The van der Waals surface area contributed by atoms with Crippen molar-refractivity contribution in [1.82, 2.24) is 15.1 Å². The molecule has 3 unspecified atom stereocenters. The minimum absolute atomic E-state index is 0.111. The van der Waals surface area contributed by atoms with Crippen LogP contribution in [-0.4, -0.2) is 71.6 Å². The van der Waals surface area contributed by atoms with Crippen molar-refractivity contribution in [2.75, 3.05) is 26.7 Å². The summed E-state index contributed by atoms with van der Waals surface area (Å²) >= 11 is 0. The Morgan fingerprint density at radius 1 is 1.56 bits per heavy atom. The van der Waals surface area contributed by atoms with E-state index >= 15 is 0 Å². The second-order valence-corrected chi connectivity index (χ2v) is 5.32. The predicted octanol–water partition coefficient (Wildman–Crippen LogP) is -0.646. The van der Waals surface area contributed by atoms with Crippen LogP contribution in [-0.2, 0) is 9.59 Å². The summed E-state index contributed by atoms with van der Waals surface area (Å²) in [6.45, 7) is 4.43. The molecular formula is C12H21N3O3. The molecule has 2 aliphatic rings. The van der Waals surface area contributed by atoms with E-state index in [0.29, 0.717) is 18.6 Å². The van der Waals surface area contributed by atoms with E-state index in [4.69, 9.17) is 5.11 Å². The van der Waals surface area contributed by atoms with Crippen LogP contribution in [0.5, 0.6) is 0 Å². The maximum atomic E-state index is 11.8. The first-order valence-electron chi connectivity index (χ1n) is 6.44. The third-order valence-electron chi connectivity index (χ3n) is 4.07. The molecule has 18 heavy (non-hydrogen) atoms. The van der Waals surface area contributed by atoms with Gasteiger partial charge in [-0.15, -0.1) is 0 Å². The zero-order valence-corrected chi connectivity index (χ0v) is 10.9. The summed E-state index contributed by atoms with van der Waals surface area (Å²) < 4.78 is 0. The van der Waals surface area contributed by atoms with Gasteiger partial charge in [-0.3, -0.25) is 14.5 Å². The molecule has 102 valence electrons. The number of likely N-dealkylation sites (tertiary alicyclic amines) is 1. The van der Waals surface area contributed by atoms with E-state index in [-0.39, 0.29) is 12.3 Å². The van der Waals surface area contributed by atoms with E-state index in [9.17, 15) is 9.59 Å². The Labute approximate surface area is 107 Å². The number of amides is 1. The van der Waals surface area contributed by atoms with E-state index in [1.54, 1.807) is 0 Å². The summed E-state index contributed by atoms with van der Waals surface area (Å²) in [7, 11) is 2.07. The Morgan fingerprint density at radius 2 is 2.28 bits per heavy atom. The van der Waals surface area contributed by atoms with Crippen LogP contribution < -0.4 is 5.32 Å². The molecule has 0 saturated carbocycles. The number of hydrogen-bond donors (Lipinski definition) is 2. The maximum Gasteiger partial charge on any atom is 0.305 e. The van der Waals surface area contributed by atoms with Crippen LogP contribution in [0, 0.1) is 0 Å². The molecule has 0 aromatic heterocycles. The van der Waals surface area contributed by atoms with Gasteiger partial charge in [0.25, 0.3) is 0 Å². The molecule has 2 N–H and O–H groups in total. The van der Waals surface area contributed by atoms with Gasteiger partial charge < -0.3 is 15.3 Å². The smallest absolute Gasteiger partial charge is 0.305 e. The summed E-state index contributed by atoms with van der Waals surface area (Å²) in [4.78, 5) is 27.1. The van der Waals surface area contributed by atoms with Crippen LogP contribution in [0.4, 0.5) is 0 Å². The van der Waals surface area contributed by atoms with E-state index in [1.165, 1.54) is 0 Å². The van der Waals surface area contributed by atoms with Gasteiger partial charge in [0.05, 0.1) is 12.5 Å². The van der Waals surface area contributed by atoms with Gasteiger partial charge in [-0.2, -0.15) is 0 Å². The molecule has 0 aliphatic carbocycles. The molecule has 6 nitrogen and oxygen atoms in total. The summed E-state index contributed by atoms with van der Waals surface area (Å²) in [6, 6.07) is 0.269. The zero-order chi connectivity index (χ0) is 13.3. The molecule has 2 rings (SSSR count). The number of aliphatic carboxylic acids is 1. The fraction of sp³-hybridized carbons (Fsp3) is 0.833. The molecule has 3 atom stereocenters. The molecule has 0 bridgehead atoms. The minimum atomic E-state index is -0.915. The quantitative estimate of drug-likeness (QED) is 0.701. The molecule has 0 spiro atoms. The number of carboxylic acids is 1. The van der Waals surface area contributed by atoms with Gasteiger partial charge in [-0.25, -0.2) is 0 Å². The van der Waals surface area contributed by atoms with Crippen LogP contribution in [0.3, 0.4) is 0 Å². The van der Waals surface area contributed by atoms with Crippen LogP contribution >= 0.6 is 0 Å². The number of nitrogens with zero attached hydrogens (tertiary/aromatic N) is 2. The van der Waals surface area contributed by atoms with Gasteiger partial charge in [0.15, 0.2) is 0 Å². The van der Waals surface area contributed by atoms with E-state index in [0.717, 1.165) is 19.5 Å². The lowest BCUT2D eigenvalue weighted by atomic mass is 10.0. The number of nitrogens with one attached hydrogen (secondary N) is 1. The second kappa shape index (κ2) is 5.24. The summed E-state index contributed by atoms with van der Waals surface area (Å²) in [5.74, 6) is -1.06. The molecule has 6 heteroatoms. The highest BCUT2D eigenvalue weighted by Gasteiger charge is 2.39. The number of rotatable bonds is 3. The van der Waals surface area contributed by atoms with E-state index in [2.05, 4.69) is 29.1 Å². The Bertz CT molecular complexity index is 337. The molecule has 0 aromatic carbocycles. The molecule has 2 saturated heterocycles. The molecular weight excluding hydrogens is 234 g/mol. The van der Waals surface area contributed by atoms with Gasteiger partial charge in [-0.1, -0.05) is 0 Å². The Kier molecular flexibility index (Phi) is 3.87. The van der Waals surface area contributed by atoms with Crippen LogP contribution in [0.25, 0.3) is 0 Å². The normalized spacial score (nSPS) is 34.6. The number of carboxylic acid groups (broad SMARTS) is 1. The predicted molar refractivity (Wildman–Crippen MR) is 66.3 cm³/mol. The molecule has 1 amide bonds. The van der Waals surface area contributed by atoms with Gasteiger partial charge in [0.2, 0.25) is 5.91 Å². The first kappa shape index (κ1) is 13.3. The Balaban J connectivity index is 2.08. The fourth-order valence-electron chi connectivity index (χ4n) is 2.95. The van der Waals surface area contributed by atoms with E-state index < -0.39 is 12.0 Å². The lowest BCUT2D eigenvalue weighted by molar-refractivity contribution is -0.143. The van der Waals surface area contributed by atoms with Gasteiger partial charge in [0.1, 0.15) is 0 Å². The number of hydrogen-bond acceptors (Lipinski definition) is 4. The lowest BCUT2D eigenvalue weighted by Crippen LogP contribution is -2.59. The third-order valence-corrected chi connectivity index (χ3v) is 4.07. The van der Waals surface area contributed by atoms with Crippen molar-refractivity contribution >= 4 is 11.9 Å². The van der Waals surface area contributed by atoms with Crippen molar-refractivity contribution in [3.63, 3.8) is 0 Å². The van der Waals surface area contributed by atoms with Crippen LogP contribution in [0.2, 0.25) is 0 Å². The van der Waals surface area contributed by atoms with Crippen molar-refractivity contribution in [3.8, 4) is 0 Å². The summed E-state index contributed by atoms with van der Waals surface area (Å²) in [6.07, 6.45) is 0.889. The highest BCUT2D eigenvalue weighted by Crippen LogP contribution is 2.24. The largest absolute Gasteiger partial charge is 0.481 e. The average molecular weight is 255 g/mol. The Hall–Kier alpha value is -1.14. The number of likely N-dealkylation sites (N-methyl/N-ethyl adjacent to an activating group) is 1. The minimum Gasteiger partial charge on any atom is -0.481 e. The topological polar surface area (TPSA) is 72.9 Å². The van der Waals surface area contributed by atoms with Gasteiger partial charge in [0, 0.05) is 31.7 Å². The highest BCUT2D eigenvalue weighted by atomic mass is 16.4. The monoisotopic (exact) mass is 255 g/mol. The number of piperazine rings is 1. The van der Waals surface area contributed by atoms with Gasteiger partial charge >= 0.3 is 5.97 Å². The first-order valence-corrected chi connectivity index (χ1v) is 6.44. The summed E-state index contributed by atoms with van der Waals surface area (Å²) in [5.41, 5.74) is 0. The van der Waals surface area contributed by atoms with Crippen LogP contribution in [0.15, 0.2) is 0 Å². The van der Waals surface area contributed by atoms with Gasteiger partial charge in [-0.05, 0) is 20.4 Å². The molecule has 2 fully saturated rings. The maximum absolute atomic E-state index is 11.8. The molecule has 2 heterocycles. The second-order valence-electron chi connectivity index (χ2n) is 5.32. The third kappa shape index (κ3) is 2.64. The van der Waals surface area contributed by atoms with Crippen LogP contribution in [0.1, 0.15) is 19.8 Å². The van der Waals surface area contributed by atoms with Crippen molar-refractivity contribution < 1.29 is 14.7 Å². The lowest BCUT2D eigenvalue weighted by Gasteiger charge is -2.38. The molecule has 2 aliphatic heterocycles. The fourth-order valence-corrected chi connectivity index (χ4v) is 2.95. The average Bonchev–Trinajstić information content (AvgIpc) is 2.61. The van der Waals surface area contributed by atoms with Crippen molar-refractivity contribution in [3.05, 3.63) is 0 Å². The summed E-state index contributed by atoms with van der Waals surface area (Å²) in [5, 5.41) is 11.7. The molecule has 0 aromatic rings. The first-order chi connectivity index (χ1) is 8.49. The number of carbonyl (C=O) groups is 2. The van der Waals surface area contributed by atoms with Crippen molar-refractivity contribution in [1.29, 1.82) is 0 Å². The molecule has 0 radical (unpaired) electrons.